The highest BCUT2D eigenvalue weighted by Gasteiger charge is 2.10. The van der Waals surface area contributed by atoms with Crippen LogP contribution in [-0.2, 0) is 17.1 Å². The molecule has 0 aliphatic rings. The molecule has 0 amide bonds. The number of halogens is 1. The number of nitrogens with two attached hydrogens (primary N) is 2. The smallest absolute Gasteiger partial charge is 0.338 e. The highest BCUT2D eigenvalue weighted by molar-refractivity contribution is 7.98. The SMILES string of the molecule is Nc1nc(N)nc(COC(=O)c2cccc(CSc3ccc(Cl)cc3)c2)n1. The van der Waals surface area contributed by atoms with Crippen molar-refractivity contribution in [3.05, 3.63) is 70.5 Å². The van der Waals surface area contributed by atoms with Crippen molar-refractivity contribution in [2.75, 3.05) is 11.5 Å². The molecule has 1 heterocycles. The van der Waals surface area contributed by atoms with Crippen LogP contribution in [-0.4, -0.2) is 20.9 Å². The van der Waals surface area contributed by atoms with Crippen molar-refractivity contribution in [3.63, 3.8) is 0 Å². The van der Waals surface area contributed by atoms with Gasteiger partial charge in [0.15, 0.2) is 12.4 Å². The number of carbonyl (C=O) groups is 1. The Balaban J connectivity index is 1.60. The Hall–Kier alpha value is -2.84. The molecule has 3 rings (SSSR count). The number of nitrogens with zero attached hydrogens (tertiary/aromatic N) is 3. The van der Waals surface area contributed by atoms with Crippen molar-refractivity contribution in [1.82, 2.24) is 15.0 Å². The number of hydrogen-bond donors (Lipinski definition) is 2. The number of esters is 1. The summed E-state index contributed by atoms with van der Waals surface area (Å²) in [7, 11) is 0. The number of aromatic nitrogens is 3. The molecule has 0 radical (unpaired) electrons. The van der Waals surface area contributed by atoms with Crippen LogP contribution in [0, 0.1) is 0 Å². The van der Waals surface area contributed by atoms with Crippen LogP contribution >= 0.6 is 23.4 Å². The normalized spacial score (nSPS) is 10.6. The summed E-state index contributed by atoms with van der Waals surface area (Å²) >= 11 is 7.54. The maximum Gasteiger partial charge on any atom is 0.338 e. The van der Waals surface area contributed by atoms with Crippen LogP contribution in [0.25, 0.3) is 0 Å². The highest BCUT2D eigenvalue weighted by Crippen LogP contribution is 2.24. The Kier molecular flexibility index (Phi) is 6.10. The van der Waals surface area contributed by atoms with Gasteiger partial charge in [-0.3, -0.25) is 0 Å². The van der Waals surface area contributed by atoms with E-state index in [1.54, 1.807) is 23.9 Å². The molecular formula is C18H16ClN5O2S. The lowest BCUT2D eigenvalue weighted by atomic mass is 10.1. The number of thioether (sulfide) groups is 1. The fourth-order valence-electron chi connectivity index (χ4n) is 2.22. The van der Waals surface area contributed by atoms with Gasteiger partial charge in [-0.05, 0) is 42.0 Å². The molecule has 0 fully saturated rings. The molecule has 2 aromatic carbocycles. The first-order valence-electron chi connectivity index (χ1n) is 7.90. The fraction of sp³-hybridized carbons (Fsp3) is 0.111. The molecule has 0 bridgehead atoms. The summed E-state index contributed by atoms with van der Waals surface area (Å²) in [6, 6.07) is 14.8. The van der Waals surface area contributed by atoms with Gasteiger partial charge in [-0.25, -0.2) is 4.79 Å². The van der Waals surface area contributed by atoms with Crippen LogP contribution in [0.15, 0.2) is 53.4 Å². The lowest BCUT2D eigenvalue weighted by Crippen LogP contribution is -2.11. The summed E-state index contributed by atoms with van der Waals surface area (Å²) in [6.07, 6.45) is 0. The van der Waals surface area contributed by atoms with Gasteiger partial charge >= 0.3 is 5.97 Å². The van der Waals surface area contributed by atoms with Crippen molar-refractivity contribution in [2.45, 2.75) is 17.3 Å². The largest absolute Gasteiger partial charge is 0.454 e. The Labute approximate surface area is 165 Å². The van der Waals surface area contributed by atoms with E-state index in [1.807, 2.05) is 36.4 Å². The second kappa shape index (κ2) is 8.70. The maximum absolute atomic E-state index is 12.3. The number of rotatable bonds is 6. The average molecular weight is 402 g/mol. The first-order valence-corrected chi connectivity index (χ1v) is 9.26. The number of anilines is 2. The highest BCUT2D eigenvalue weighted by atomic mass is 35.5. The second-order valence-electron chi connectivity index (χ2n) is 5.49. The number of ether oxygens (including phenoxy) is 1. The zero-order chi connectivity index (χ0) is 19.2. The van der Waals surface area contributed by atoms with Crippen molar-refractivity contribution in [1.29, 1.82) is 0 Å². The summed E-state index contributed by atoms with van der Waals surface area (Å²) in [4.78, 5) is 24.8. The van der Waals surface area contributed by atoms with Crippen LogP contribution in [0.5, 0.6) is 0 Å². The lowest BCUT2D eigenvalue weighted by Gasteiger charge is -2.07. The summed E-state index contributed by atoms with van der Waals surface area (Å²) in [5, 5.41) is 0.700. The quantitative estimate of drug-likeness (QED) is 0.477. The molecule has 3 aromatic rings. The monoisotopic (exact) mass is 401 g/mol. The van der Waals surface area contributed by atoms with Crippen LogP contribution in [0.3, 0.4) is 0 Å². The molecule has 4 N–H and O–H groups in total. The Morgan fingerprint density at radius 1 is 1.04 bits per heavy atom. The standard InChI is InChI=1S/C18H16ClN5O2S/c19-13-4-6-14(7-5-13)27-10-11-2-1-3-12(8-11)16(25)26-9-15-22-17(20)24-18(21)23-15/h1-8H,9-10H2,(H4,20,21,22,23,24). The van der Waals surface area contributed by atoms with Gasteiger partial charge in [-0.2, -0.15) is 15.0 Å². The molecule has 1 aromatic heterocycles. The third kappa shape index (κ3) is 5.57. The molecule has 0 atom stereocenters. The summed E-state index contributed by atoms with van der Waals surface area (Å²) in [5.74, 6) is 0.391. The van der Waals surface area contributed by atoms with E-state index in [-0.39, 0.29) is 24.3 Å². The van der Waals surface area contributed by atoms with E-state index in [1.165, 1.54) is 0 Å². The lowest BCUT2D eigenvalue weighted by molar-refractivity contribution is 0.0462. The van der Waals surface area contributed by atoms with Crippen LogP contribution in [0.2, 0.25) is 5.02 Å². The first kappa shape index (κ1) is 18.9. The van der Waals surface area contributed by atoms with Crippen molar-refractivity contribution < 1.29 is 9.53 Å². The van der Waals surface area contributed by atoms with E-state index < -0.39 is 5.97 Å². The van der Waals surface area contributed by atoms with E-state index in [0.717, 1.165) is 10.5 Å². The van der Waals surface area contributed by atoms with Crippen LogP contribution < -0.4 is 11.5 Å². The van der Waals surface area contributed by atoms with Crippen molar-refractivity contribution in [3.8, 4) is 0 Å². The topological polar surface area (TPSA) is 117 Å². The molecule has 0 unspecified atom stereocenters. The zero-order valence-corrected chi connectivity index (χ0v) is 15.7. The maximum atomic E-state index is 12.3. The summed E-state index contributed by atoms with van der Waals surface area (Å²) in [5.41, 5.74) is 12.4. The Bertz CT molecular complexity index is 932. The van der Waals surface area contributed by atoms with Crippen LogP contribution in [0.1, 0.15) is 21.7 Å². The minimum absolute atomic E-state index is 0.0187. The molecule has 0 spiro atoms. The van der Waals surface area contributed by atoms with E-state index in [9.17, 15) is 4.79 Å². The minimum Gasteiger partial charge on any atom is -0.454 e. The van der Waals surface area contributed by atoms with Crippen molar-refractivity contribution in [2.24, 2.45) is 0 Å². The number of nitrogen functional groups attached to an aromatic ring is 2. The molecular weight excluding hydrogens is 386 g/mol. The van der Waals surface area contributed by atoms with Crippen LogP contribution in [0.4, 0.5) is 11.9 Å². The van der Waals surface area contributed by atoms with Crippen molar-refractivity contribution >= 4 is 41.2 Å². The summed E-state index contributed by atoms with van der Waals surface area (Å²) in [6.45, 7) is -0.139. The summed E-state index contributed by atoms with van der Waals surface area (Å²) < 4.78 is 5.23. The second-order valence-corrected chi connectivity index (χ2v) is 6.97. The van der Waals surface area contributed by atoms with Gasteiger partial charge in [-0.15, -0.1) is 11.8 Å². The van der Waals surface area contributed by atoms with Gasteiger partial charge in [-0.1, -0.05) is 23.7 Å². The number of benzene rings is 2. The third-order valence-electron chi connectivity index (χ3n) is 3.43. The van der Waals surface area contributed by atoms with E-state index in [2.05, 4.69) is 15.0 Å². The zero-order valence-electron chi connectivity index (χ0n) is 14.1. The molecule has 9 heteroatoms. The molecule has 7 nitrogen and oxygen atoms in total. The molecule has 0 aliphatic carbocycles. The van der Waals surface area contributed by atoms with E-state index >= 15 is 0 Å². The predicted molar refractivity (Wildman–Crippen MR) is 105 cm³/mol. The molecule has 0 saturated heterocycles. The van der Waals surface area contributed by atoms with Gasteiger partial charge in [0.2, 0.25) is 11.9 Å². The van der Waals surface area contributed by atoms with Gasteiger partial charge < -0.3 is 16.2 Å². The number of carbonyl (C=O) groups excluding carboxylic acids is 1. The Morgan fingerprint density at radius 3 is 2.44 bits per heavy atom. The fourth-order valence-corrected chi connectivity index (χ4v) is 3.19. The molecule has 27 heavy (non-hydrogen) atoms. The third-order valence-corrected chi connectivity index (χ3v) is 4.77. The molecule has 0 aliphatic heterocycles. The van der Waals surface area contributed by atoms with E-state index in [4.69, 9.17) is 27.8 Å². The van der Waals surface area contributed by atoms with Gasteiger partial charge in [0.25, 0.3) is 0 Å². The number of hydrogen-bond acceptors (Lipinski definition) is 8. The Morgan fingerprint density at radius 2 is 1.74 bits per heavy atom. The van der Waals surface area contributed by atoms with Gasteiger partial charge in [0.05, 0.1) is 5.56 Å². The first-order chi connectivity index (χ1) is 13.0. The minimum atomic E-state index is -0.481. The average Bonchev–Trinajstić information content (AvgIpc) is 2.65. The van der Waals surface area contributed by atoms with E-state index in [0.29, 0.717) is 16.3 Å². The van der Waals surface area contributed by atoms with Gasteiger partial charge in [0, 0.05) is 15.7 Å². The van der Waals surface area contributed by atoms with Gasteiger partial charge in [0.1, 0.15) is 0 Å². The molecule has 0 saturated carbocycles. The molecule has 138 valence electrons. The predicted octanol–water partition coefficient (Wildman–Crippen LogP) is 3.34.